The van der Waals surface area contributed by atoms with Crippen LogP contribution in [0.3, 0.4) is 0 Å². The van der Waals surface area contributed by atoms with Gasteiger partial charge in [-0.1, -0.05) is 85.6 Å². The van der Waals surface area contributed by atoms with E-state index in [0.717, 1.165) is 65.5 Å². The number of aromatic amines is 1. The van der Waals surface area contributed by atoms with Crippen molar-refractivity contribution in [1.82, 2.24) is 20.9 Å². The molecule has 0 fully saturated rings. The first-order chi connectivity index (χ1) is 21.0. The van der Waals surface area contributed by atoms with Gasteiger partial charge in [0.05, 0.1) is 0 Å². The van der Waals surface area contributed by atoms with Crippen molar-refractivity contribution >= 4 is 28.5 Å². The highest BCUT2D eigenvalue weighted by molar-refractivity contribution is 5.91. The van der Waals surface area contributed by atoms with E-state index in [4.69, 9.17) is 0 Å². The van der Waals surface area contributed by atoms with E-state index in [0.29, 0.717) is 25.8 Å². The van der Waals surface area contributed by atoms with Gasteiger partial charge in [-0.2, -0.15) is 0 Å². The number of nitrogens with one attached hydrogen (secondary N) is 4. The van der Waals surface area contributed by atoms with Crippen LogP contribution in [0.1, 0.15) is 68.2 Å². The SMILES string of the molecule is CC(=O)CCCCC[C@H](NC(=O)CC1NCCc2ccccc21)C(=O)NCCc1c(-c2ccccc2)[nH]c2ccccc12. The van der Waals surface area contributed by atoms with Gasteiger partial charge in [-0.25, -0.2) is 0 Å². The second kappa shape index (κ2) is 14.8. The molecule has 224 valence electrons. The minimum atomic E-state index is -0.625. The van der Waals surface area contributed by atoms with Crippen molar-refractivity contribution < 1.29 is 14.4 Å². The number of carbonyl (C=O) groups excluding carboxylic acids is 3. The number of ketones is 1. The Hall–Kier alpha value is -4.23. The Morgan fingerprint density at radius 1 is 0.907 bits per heavy atom. The van der Waals surface area contributed by atoms with Crippen LogP contribution < -0.4 is 16.0 Å². The summed E-state index contributed by atoms with van der Waals surface area (Å²) in [6, 6.07) is 26.0. The molecule has 7 heteroatoms. The zero-order chi connectivity index (χ0) is 30.0. The molecule has 1 unspecified atom stereocenters. The first kappa shape index (κ1) is 30.2. The highest BCUT2D eigenvalue weighted by Gasteiger charge is 2.25. The second-order valence-corrected chi connectivity index (χ2v) is 11.5. The first-order valence-corrected chi connectivity index (χ1v) is 15.5. The van der Waals surface area contributed by atoms with Crippen molar-refractivity contribution in [3.8, 4) is 11.3 Å². The van der Waals surface area contributed by atoms with Crippen molar-refractivity contribution in [2.24, 2.45) is 0 Å². The van der Waals surface area contributed by atoms with Crippen LogP contribution in [0.2, 0.25) is 0 Å². The molecule has 4 aromatic rings. The quantitative estimate of drug-likeness (QED) is 0.142. The summed E-state index contributed by atoms with van der Waals surface area (Å²) < 4.78 is 0. The van der Waals surface area contributed by atoms with E-state index in [2.05, 4.69) is 57.3 Å². The molecule has 1 aliphatic rings. The van der Waals surface area contributed by atoms with Gasteiger partial charge >= 0.3 is 0 Å². The smallest absolute Gasteiger partial charge is 0.242 e. The van der Waals surface area contributed by atoms with E-state index in [1.54, 1.807) is 6.92 Å². The predicted octanol–water partition coefficient (Wildman–Crippen LogP) is 5.80. The molecule has 0 radical (unpaired) electrons. The van der Waals surface area contributed by atoms with E-state index >= 15 is 0 Å². The summed E-state index contributed by atoms with van der Waals surface area (Å²) >= 11 is 0. The Labute approximate surface area is 253 Å². The molecule has 4 N–H and O–H groups in total. The lowest BCUT2D eigenvalue weighted by atomic mass is 9.92. The fraction of sp³-hybridized carbons (Fsp3) is 0.361. The molecule has 0 aliphatic carbocycles. The summed E-state index contributed by atoms with van der Waals surface area (Å²) in [5.74, 6) is -0.130. The minimum Gasteiger partial charge on any atom is -0.354 e. The van der Waals surface area contributed by atoms with Crippen LogP contribution in [-0.4, -0.2) is 41.7 Å². The molecule has 0 bridgehead atoms. The van der Waals surface area contributed by atoms with E-state index in [9.17, 15) is 14.4 Å². The molecule has 5 rings (SSSR count). The standard InChI is InChI=1S/C36H42N4O3/c1-25(41)12-4-2-7-19-32(39-34(42)24-33-28-16-9-8-13-26(28)20-22-37-33)36(43)38-23-21-30-29-17-10-11-18-31(29)40-35(30)27-14-5-3-6-15-27/h3,5-6,8-11,13-18,32-33,37,40H,2,4,7,12,19-24H2,1H3,(H,38,43)(H,39,42)/t32-,33?/m0/s1. The number of aromatic nitrogens is 1. The van der Waals surface area contributed by atoms with Gasteiger partial charge in [0.1, 0.15) is 11.8 Å². The Bertz CT molecular complexity index is 1540. The topological polar surface area (TPSA) is 103 Å². The minimum absolute atomic E-state index is 0.0671. The number of carbonyl (C=O) groups is 3. The second-order valence-electron chi connectivity index (χ2n) is 11.5. The highest BCUT2D eigenvalue weighted by atomic mass is 16.2. The molecular formula is C36H42N4O3. The van der Waals surface area contributed by atoms with E-state index in [1.165, 1.54) is 5.56 Å². The third kappa shape index (κ3) is 7.99. The van der Waals surface area contributed by atoms with Crippen LogP contribution in [0.4, 0.5) is 0 Å². The van der Waals surface area contributed by atoms with E-state index in [1.807, 2.05) is 42.5 Å². The Balaban J connectivity index is 1.24. The van der Waals surface area contributed by atoms with Gasteiger partial charge in [-0.3, -0.25) is 9.59 Å². The number of fused-ring (bicyclic) bond motifs is 2. The number of Topliss-reactive ketones (excluding diaryl/α,β-unsaturated/α-hetero) is 1. The van der Waals surface area contributed by atoms with Crippen LogP contribution in [0.15, 0.2) is 78.9 Å². The average Bonchev–Trinajstić information content (AvgIpc) is 3.39. The van der Waals surface area contributed by atoms with Crippen molar-refractivity contribution in [1.29, 1.82) is 0 Å². The summed E-state index contributed by atoms with van der Waals surface area (Å²) in [6.07, 6.45) is 5.36. The van der Waals surface area contributed by atoms with Crippen LogP contribution in [0.25, 0.3) is 22.2 Å². The van der Waals surface area contributed by atoms with Gasteiger partial charge in [0, 0.05) is 42.0 Å². The molecule has 3 aromatic carbocycles. The van der Waals surface area contributed by atoms with Crippen LogP contribution in [0.5, 0.6) is 0 Å². The monoisotopic (exact) mass is 578 g/mol. The summed E-state index contributed by atoms with van der Waals surface area (Å²) in [4.78, 5) is 41.6. The van der Waals surface area contributed by atoms with Crippen molar-refractivity contribution in [2.45, 2.75) is 70.4 Å². The third-order valence-electron chi connectivity index (χ3n) is 8.33. The molecule has 1 aliphatic heterocycles. The van der Waals surface area contributed by atoms with Crippen LogP contribution >= 0.6 is 0 Å². The number of para-hydroxylation sites is 1. The molecule has 43 heavy (non-hydrogen) atoms. The summed E-state index contributed by atoms with van der Waals surface area (Å²) in [5.41, 5.74) is 6.82. The van der Waals surface area contributed by atoms with Crippen molar-refractivity contribution in [2.75, 3.05) is 13.1 Å². The highest BCUT2D eigenvalue weighted by Crippen LogP contribution is 2.30. The number of benzene rings is 3. The maximum atomic E-state index is 13.5. The molecule has 2 atom stereocenters. The van der Waals surface area contributed by atoms with Gasteiger partial charge in [0.25, 0.3) is 0 Å². The molecule has 0 saturated carbocycles. The molecule has 7 nitrogen and oxygen atoms in total. The summed E-state index contributed by atoms with van der Waals surface area (Å²) in [7, 11) is 0. The van der Waals surface area contributed by atoms with Gasteiger partial charge < -0.3 is 25.7 Å². The van der Waals surface area contributed by atoms with Gasteiger partial charge in [0.15, 0.2) is 0 Å². The zero-order valence-electron chi connectivity index (χ0n) is 25.0. The van der Waals surface area contributed by atoms with Gasteiger partial charge in [-0.15, -0.1) is 0 Å². The largest absolute Gasteiger partial charge is 0.354 e. The fourth-order valence-electron chi connectivity index (χ4n) is 6.13. The number of hydrogen-bond acceptors (Lipinski definition) is 4. The lowest BCUT2D eigenvalue weighted by Crippen LogP contribution is -2.48. The summed E-state index contributed by atoms with van der Waals surface area (Å²) in [6.45, 7) is 2.88. The van der Waals surface area contributed by atoms with Crippen LogP contribution in [0, 0.1) is 0 Å². The van der Waals surface area contributed by atoms with Crippen molar-refractivity contribution in [3.63, 3.8) is 0 Å². The third-order valence-corrected chi connectivity index (χ3v) is 8.33. The fourth-order valence-corrected chi connectivity index (χ4v) is 6.13. The maximum Gasteiger partial charge on any atom is 0.242 e. The number of amides is 2. The zero-order valence-corrected chi connectivity index (χ0v) is 25.0. The number of H-pyrrole nitrogens is 1. The number of hydrogen-bond donors (Lipinski definition) is 4. The van der Waals surface area contributed by atoms with Crippen molar-refractivity contribution in [3.05, 3.63) is 95.6 Å². The molecule has 0 spiro atoms. The number of unbranched alkanes of at least 4 members (excludes halogenated alkanes) is 2. The van der Waals surface area contributed by atoms with E-state index < -0.39 is 6.04 Å². The maximum absolute atomic E-state index is 13.5. The lowest BCUT2D eigenvalue weighted by molar-refractivity contribution is -0.129. The molecule has 1 aromatic heterocycles. The summed E-state index contributed by atoms with van der Waals surface area (Å²) in [5, 5.41) is 10.8. The van der Waals surface area contributed by atoms with Gasteiger partial charge in [0.2, 0.25) is 11.8 Å². The Kier molecular flexibility index (Phi) is 10.4. The van der Waals surface area contributed by atoms with E-state index in [-0.39, 0.29) is 30.1 Å². The Morgan fingerprint density at radius 2 is 1.67 bits per heavy atom. The molecular weight excluding hydrogens is 536 g/mol. The lowest BCUT2D eigenvalue weighted by Gasteiger charge is -2.27. The molecule has 0 saturated heterocycles. The predicted molar refractivity (Wildman–Crippen MR) is 172 cm³/mol. The Morgan fingerprint density at radius 3 is 2.51 bits per heavy atom. The average molecular weight is 579 g/mol. The normalized spacial score (nSPS) is 15.0. The number of rotatable bonds is 14. The van der Waals surface area contributed by atoms with Crippen LogP contribution in [-0.2, 0) is 27.2 Å². The molecule has 2 amide bonds. The first-order valence-electron chi connectivity index (χ1n) is 15.5. The molecule has 2 heterocycles. The van der Waals surface area contributed by atoms with Gasteiger partial charge in [-0.05, 0) is 67.5 Å².